The molecule has 0 atom stereocenters. The molecule has 0 aliphatic heterocycles. The molecule has 0 aromatic heterocycles. The predicted octanol–water partition coefficient (Wildman–Crippen LogP) is -0.659. The highest BCUT2D eigenvalue weighted by atomic mass is 35.5. The van der Waals surface area contributed by atoms with Crippen molar-refractivity contribution in [3.05, 3.63) is 0 Å². The van der Waals surface area contributed by atoms with Gasteiger partial charge in [-0.25, -0.2) is 4.79 Å². The number of hydrogen-bond acceptors (Lipinski definition) is 2. The molecule has 7 heavy (non-hydrogen) atoms. The summed E-state index contributed by atoms with van der Waals surface area (Å²) in [4.78, 5) is 20.5. The van der Waals surface area contributed by atoms with Gasteiger partial charge in [-0.3, -0.25) is 9.63 Å². The van der Waals surface area contributed by atoms with Crippen LogP contribution in [0.2, 0.25) is 0 Å². The number of nitrogens with one attached hydrogen (secondary N) is 1. The number of carboxylic acid groups (broad SMARTS) is 1. The Morgan fingerprint density at radius 3 is 2.00 bits per heavy atom. The fourth-order valence-corrected chi connectivity index (χ4v) is 0.121. The van der Waals surface area contributed by atoms with Crippen molar-refractivity contribution < 1.29 is 14.7 Å². The van der Waals surface area contributed by atoms with Gasteiger partial charge in [-0.05, 0) is 0 Å². The average Bonchev–Trinajstić information content (AvgIpc) is 1.65. The summed E-state index contributed by atoms with van der Waals surface area (Å²) >= 11 is 4.57. The van der Waals surface area contributed by atoms with Crippen molar-refractivity contribution in [3.63, 3.8) is 0 Å². The first-order valence-electron chi connectivity index (χ1n) is 1.32. The van der Waals surface area contributed by atoms with E-state index in [1.807, 2.05) is 0 Å². The average molecular weight is 123 g/mol. The summed E-state index contributed by atoms with van der Waals surface area (Å²) in [5, 5.41) is 7.69. The van der Waals surface area contributed by atoms with Gasteiger partial charge in [0, 0.05) is 11.8 Å². The van der Waals surface area contributed by atoms with Crippen molar-refractivity contribution in [1.82, 2.24) is 4.84 Å². The normalized spacial score (nSPS) is 7.57. The van der Waals surface area contributed by atoms with Crippen LogP contribution in [-0.4, -0.2) is 17.0 Å². The van der Waals surface area contributed by atoms with Crippen molar-refractivity contribution in [1.29, 1.82) is 0 Å². The maximum atomic E-state index is 9.67. The quantitative estimate of drug-likeness (QED) is 0.332. The minimum Gasteiger partial charge on any atom is -0.474 e. The van der Waals surface area contributed by atoms with Crippen molar-refractivity contribution in [2.24, 2.45) is 0 Å². The number of halogens is 1. The molecule has 0 aromatic carbocycles. The largest absolute Gasteiger partial charge is 0.474 e. The van der Waals surface area contributed by atoms with Crippen LogP contribution in [0.3, 0.4) is 0 Å². The van der Waals surface area contributed by atoms with Gasteiger partial charge in [0.15, 0.2) is 0 Å². The Bertz CT molecular complexity index is 101. The van der Waals surface area contributed by atoms with Gasteiger partial charge in [0.2, 0.25) is 0 Å². The van der Waals surface area contributed by atoms with Crippen molar-refractivity contribution in [2.75, 3.05) is 0 Å². The Balaban J connectivity index is 3.58. The second kappa shape index (κ2) is 2.41. The lowest BCUT2D eigenvalue weighted by Gasteiger charge is -1.82. The highest BCUT2D eigenvalue weighted by Gasteiger charge is 2.06. The summed E-state index contributed by atoms with van der Waals surface area (Å²) in [5.74, 6) is -2.81. The van der Waals surface area contributed by atoms with Crippen LogP contribution in [0.15, 0.2) is 0 Å². The minimum absolute atomic E-state index is 1.22. The van der Waals surface area contributed by atoms with Crippen molar-refractivity contribution >= 4 is 23.7 Å². The summed E-state index contributed by atoms with van der Waals surface area (Å²) in [5.41, 5.74) is 0. The lowest BCUT2D eigenvalue weighted by Crippen LogP contribution is -2.22. The van der Waals surface area contributed by atoms with Crippen molar-refractivity contribution in [2.45, 2.75) is 0 Å². The first-order chi connectivity index (χ1) is 3.18. The molecule has 0 aromatic rings. The number of amides is 1. The molecule has 5 heteroatoms. The zero-order chi connectivity index (χ0) is 5.86. The van der Waals surface area contributed by atoms with E-state index in [4.69, 9.17) is 5.11 Å². The minimum atomic E-state index is -1.59. The molecule has 0 saturated heterocycles. The third-order valence-corrected chi connectivity index (χ3v) is 0.452. The molecule has 1 amide bonds. The van der Waals surface area contributed by atoms with Gasteiger partial charge >= 0.3 is 11.9 Å². The second-order valence-electron chi connectivity index (χ2n) is 0.729. The fraction of sp³-hybridized carbons (Fsp3) is 0. The van der Waals surface area contributed by atoms with Crippen LogP contribution in [0.5, 0.6) is 0 Å². The Labute approximate surface area is 44.2 Å². The Kier molecular flexibility index (Phi) is 2.15. The zero-order valence-corrected chi connectivity index (χ0v) is 3.90. The Morgan fingerprint density at radius 1 is 1.57 bits per heavy atom. The van der Waals surface area contributed by atoms with Gasteiger partial charge < -0.3 is 5.11 Å². The molecule has 0 rings (SSSR count). The third-order valence-electron chi connectivity index (χ3n) is 0.280. The number of hydrogen-bond donors (Lipinski definition) is 2. The molecular formula is C2H2ClNO3. The smallest absolute Gasteiger partial charge is 0.395 e. The van der Waals surface area contributed by atoms with Gasteiger partial charge in [-0.2, -0.15) is 0 Å². The molecule has 0 fully saturated rings. The van der Waals surface area contributed by atoms with E-state index in [0.29, 0.717) is 0 Å². The number of aliphatic carboxylic acids is 1. The number of carbonyl (C=O) groups excluding carboxylic acids is 1. The molecule has 4 nitrogen and oxygen atoms in total. The van der Waals surface area contributed by atoms with Crippen LogP contribution >= 0.6 is 11.8 Å². The monoisotopic (exact) mass is 123 g/mol. The van der Waals surface area contributed by atoms with Gasteiger partial charge in [0.1, 0.15) is 0 Å². The summed E-state index contributed by atoms with van der Waals surface area (Å²) in [6.07, 6.45) is 0. The zero-order valence-electron chi connectivity index (χ0n) is 3.14. The van der Waals surface area contributed by atoms with Crippen LogP contribution in [-0.2, 0) is 9.59 Å². The number of carboxylic acids is 1. The van der Waals surface area contributed by atoms with Gasteiger partial charge in [-0.15, -0.1) is 0 Å². The predicted molar refractivity (Wildman–Crippen MR) is 21.6 cm³/mol. The van der Waals surface area contributed by atoms with Crippen LogP contribution in [0.25, 0.3) is 0 Å². The van der Waals surface area contributed by atoms with E-state index >= 15 is 0 Å². The summed E-state index contributed by atoms with van der Waals surface area (Å²) in [6, 6.07) is 0. The first kappa shape index (κ1) is 6.23. The van der Waals surface area contributed by atoms with Crippen LogP contribution in [0.1, 0.15) is 0 Å². The number of rotatable bonds is 0. The molecule has 40 valence electrons. The van der Waals surface area contributed by atoms with E-state index in [-0.39, 0.29) is 0 Å². The topological polar surface area (TPSA) is 66.4 Å². The third kappa shape index (κ3) is 1.99. The van der Waals surface area contributed by atoms with E-state index in [1.165, 1.54) is 4.84 Å². The lowest BCUT2D eigenvalue weighted by atomic mass is 10.7. The summed E-state index contributed by atoms with van der Waals surface area (Å²) < 4.78 is 0. The van der Waals surface area contributed by atoms with E-state index < -0.39 is 11.9 Å². The molecule has 0 bridgehead atoms. The van der Waals surface area contributed by atoms with Gasteiger partial charge in [0.25, 0.3) is 0 Å². The standard InChI is InChI=1S/C2H2ClNO3/c3-4-1(5)2(6)7/h(H,4,5)(H,6,7). The summed E-state index contributed by atoms with van der Waals surface area (Å²) in [6.45, 7) is 0. The molecule has 0 radical (unpaired) electrons. The van der Waals surface area contributed by atoms with E-state index in [2.05, 4.69) is 11.8 Å². The molecule has 0 aliphatic rings. The van der Waals surface area contributed by atoms with E-state index in [1.54, 1.807) is 0 Å². The Morgan fingerprint density at radius 2 is 2.00 bits per heavy atom. The van der Waals surface area contributed by atoms with Crippen LogP contribution < -0.4 is 4.84 Å². The molecule has 0 heterocycles. The molecule has 0 saturated carbocycles. The second-order valence-corrected chi connectivity index (χ2v) is 0.918. The van der Waals surface area contributed by atoms with Crippen molar-refractivity contribution in [3.8, 4) is 0 Å². The molecular weight excluding hydrogens is 121 g/mol. The van der Waals surface area contributed by atoms with Gasteiger partial charge in [-0.1, -0.05) is 0 Å². The Hall–Kier alpha value is -0.770. The maximum Gasteiger partial charge on any atom is 0.395 e. The molecule has 0 unspecified atom stereocenters. The molecule has 2 N–H and O–H groups in total. The van der Waals surface area contributed by atoms with Crippen LogP contribution in [0.4, 0.5) is 0 Å². The molecule has 0 spiro atoms. The number of carbonyl (C=O) groups is 2. The van der Waals surface area contributed by atoms with Gasteiger partial charge in [0.05, 0.1) is 0 Å². The SMILES string of the molecule is O=C(O)C(=O)NCl. The van der Waals surface area contributed by atoms with E-state index in [9.17, 15) is 9.59 Å². The van der Waals surface area contributed by atoms with Crippen LogP contribution in [0, 0.1) is 0 Å². The lowest BCUT2D eigenvalue weighted by molar-refractivity contribution is -0.149. The molecule has 0 aliphatic carbocycles. The fourth-order valence-electron chi connectivity index (χ4n) is 0.0404. The van der Waals surface area contributed by atoms with E-state index in [0.717, 1.165) is 0 Å². The highest BCUT2D eigenvalue weighted by Crippen LogP contribution is 1.65. The first-order valence-corrected chi connectivity index (χ1v) is 1.70. The maximum absolute atomic E-state index is 9.67. The summed E-state index contributed by atoms with van der Waals surface area (Å²) in [7, 11) is 0. The highest BCUT2D eigenvalue weighted by molar-refractivity contribution is 6.40.